The predicted octanol–water partition coefficient (Wildman–Crippen LogP) is 3.07. The molecule has 3 heterocycles. The highest BCUT2D eigenvalue weighted by atomic mass is 32.2. The molecule has 2 aromatic carbocycles. The molecule has 170 valence electrons. The summed E-state index contributed by atoms with van der Waals surface area (Å²) < 4.78 is 24.6. The minimum atomic E-state index is -2.41. The Bertz CT molecular complexity index is 1330. The van der Waals surface area contributed by atoms with Gasteiger partial charge in [-0.05, 0) is 60.3 Å². The minimum absolute atomic E-state index is 0.0664. The van der Waals surface area contributed by atoms with Crippen LogP contribution in [-0.2, 0) is 11.1 Å². The smallest absolute Gasteiger partial charge is 0.162 e. The van der Waals surface area contributed by atoms with E-state index in [-0.39, 0.29) is 10.6 Å². The summed E-state index contributed by atoms with van der Waals surface area (Å²) >= 11 is -2.41. The zero-order chi connectivity index (χ0) is 23.1. The number of fused-ring (bicyclic) bond motifs is 1. The van der Waals surface area contributed by atoms with E-state index in [2.05, 4.69) is 58.4 Å². The number of nitrogens with two attached hydrogens (primary N) is 1. The van der Waals surface area contributed by atoms with Crippen LogP contribution in [0.5, 0.6) is 0 Å². The first-order valence-electron chi connectivity index (χ1n) is 10.8. The van der Waals surface area contributed by atoms with Crippen LogP contribution in [0.3, 0.4) is 0 Å². The maximum absolute atomic E-state index is 11.4. The van der Waals surface area contributed by atoms with Crippen molar-refractivity contribution in [2.45, 2.75) is 30.8 Å². The van der Waals surface area contributed by atoms with E-state index in [9.17, 15) is 8.76 Å². The molecular formula is C24H25N6O2S-. The van der Waals surface area contributed by atoms with E-state index in [1.54, 1.807) is 28.9 Å². The number of nitrogen functional groups attached to an aromatic ring is 1. The molecule has 3 atom stereocenters. The molecule has 8 nitrogen and oxygen atoms in total. The van der Waals surface area contributed by atoms with Crippen molar-refractivity contribution >= 4 is 28.1 Å². The fourth-order valence-electron chi connectivity index (χ4n) is 4.54. The molecule has 1 aliphatic heterocycles. The highest BCUT2D eigenvalue weighted by molar-refractivity contribution is 7.79. The highest BCUT2D eigenvalue weighted by Crippen LogP contribution is 2.30. The lowest BCUT2D eigenvalue weighted by Gasteiger charge is -2.41. The van der Waals surface area contributed by atoms with E-state index in [0.717, 1.165) is 29.8 Å². The van der Waals surface area contributed by atoms with Crippen LogP contribution >= 0.6 is 0 Å². The molecule has 0 amide bonds. The number of anilines is 2. The molecule has 1 unspecified atom stereocenters. The summed E-state index contributed by atoms with van der Waals surface area (Å²) in [7, 11) is 0. The van der Waals surface area contributed by atoms with Gasteiger partial charge in [-0.15, -0.1) is 0 Å². The van der Waals surface area contributed by atoms with Gasteiger partial charge >= 0.3 is 0 Å². The predicted molar refractivity (Wildman–Crippen MR) is 130 cm³/mol. The molecular weight excluding hydrogens is 436 g/mol. The number of hydrogen-bond acceptors (Lipinski definition) is 7. The first-order chi connectivity index (χ1) is 15.9. The molecule has 4 aromatic rings. The first kappa shape index (κ1) is 21.6. The average Bonchev–Trinajstić information content (AvgIpc) is 3.23. The van der Waals surface area contributed by atoms with Crippen LogP contribution in [0.1, 0.15) is 13.8 Å². The maximum atomic E-state index is 11.4. The number of nitrogens with one attached hydrogen (secondary N) is 1. The SMILES string of the molecule is C[C@@H]1CNC[C@H](C)N1c1ccc(-c2cnc3c(-c4ccc(N)c(S(=O)[O-])c4)cnn3c2)cc1. The van der Waals surface area contributed by atoms with E-state index < -0.39 is 11.1 Å². The Hall–Kier alpha value is -3.27. The molecule has 5 rings (SSSR count). The quantitative estimate of drug-likeness (QED) is 0.355. The van der Waals surface area contributed by atoms with E-state index in [1.807, 2.05) is 12.4 Å². The molecule has 1 saturated heterocycles. The van der Waals surface area contributed by atoms with Crippen LogP contribution in [0.2, 0.25) is 0 Å². The minimum Gasteiger partial charge on any atom is -0.768 e. The van der Waals surface area contributed by atoms with Crippen molar-refractivity contribution in [3.8, 4) is 22.3 Å². The fourth-order valence-corrected chi connectivity index (χ4v) is 5.02. The average molecular weight is 462 g/mol. The van der Waals surface area contributed by atoms with Crippen LogP contribution < -0.4 is 16.0 Å². The van der Waals surface area contributed by atoms with Gasteiger partial charge in [-0.25, -0.2) is 9.50 Å². The molecule has 2 aromatic heterocycles. The van der Waals surface area contributed by atoms with Gasteiger partial charge in [0.1, 0.15) is 0 Å². The van der Waals surface area contributed by atoms with Gasteiger partial charge in [-0.3, -0.25) is 4.21 Å². The number of hydrogen-bond donors (Lipinski definition) is 2. The van der Waals surface area contributed by atoms with Crippen LogP contribution in [0, 0.1) is 0 Å². The Morgan fingerprint density at radius 2 is 1.73 bits per heavy atom. The summed E-state index contributed by atoms with van der Waals surface area (Å²) in [6.07, 6.45) is 5.43. The van der Waals surface area contributed by atoms with Crippen LogP contribution in [-0.4, -0.2) is 48.5 Å². The Morgan fingerprint density at radius 1 is 1.03 bits per heavy atom. The Labute approximate surface area is 194 Å². The number of piperazine rings is 1. The lowest BCUT2D eigenvalue weighted by Crippen LogP contribution is -2.55. The number of nitrogens with zero attached hydrogens (tertiary/aromatic N) is 4. The molecule has 0 radical (unpaired) electrons. The molecule has 1 fully saturated rings. The summed E-state index contributed by atoms with van der Waals surface area (Å²) in [5, 5.41) is 7.91. The van der Waals surface area contributed by atoms with Crippen molar-refractivity contribution in [2.24, 2.45) is 0 Å². The normalized spacial score (nSPS) is 19.7. The lowest BCUT2D eigenvalue weighted by atomic mass is 10.0. The summed E-state index contributed by atoms with van der Waals surface area (Å²) in [5.74, 6) is 0. The molecule has 0 saturated carbocycles. The zero-order valence-electron chi connectivity index (χ0n) is 18.4. The fraction of sp³-hybridized carbons (Fsp3) is 0.250. The van der Waals surface area contributed by atoms with Crippen LogP contribution in [0.25, 0.3) is 27.9 Å². The number of rotatable bonds is 4. The van der Waals surface area contributed by atoms with Crippen molar-refractivity contribution in [3.05, 3.63) is 61.1 Å². The molecule has 9 heteroatoms. The third kappa shape index (κ3) is 3.99. The molecule has 0 spiro atoms. The first-order valence-corrected chi connectivity index (χ1v) is 11.9. The molecule has 1 aliphatic rings. The zero-order valence-corrected chi connectivity index (χ0v) is 19.2. The van der Waals surface area contributed by atoms with Gasteiger partial charge in [0, 0.05) is 65.0 Å². The topological polar surface area (TPSA) is 112 Å². The summed E-state index contributed by atoms with van der Waals surface area (Å²) in [4.78, 5) is 7.15. The third-order valence-corrected chi connectivity index (χ3v) is 6.90. The van der Waals surface area contributed by atoms with Gasteiger partial charge in [-0.1, -0.05) is 18.2 Å². The van der Waals surface area contributed by atoms with E-state index in [4.69, 9.17) is 5.73 Å². The molecule has 0 aliphatic carbocycles. The van der Waals surface area contributed by atoms with Gasteiger partial charge in [0.2, 0.25) is 0 Å². The highest BCUT2D eigenvalue weighted by Gasteiger charge is 2.24. The molecule has 3 N–H and O–H groups in total. The van der Waals surface area contributed by atoms with E-state index in [0.29, 0.717) is 23.3 Å². The van der Waals surface area contributed by atoms with Gasteiger partial charge in [0.15, 0.2) is 5.65 Å². The van der Waals surface area contributed by atoms with Crippen molar-refractivity contribution in [3.63, 3.8) is 0 Å². The van der Waals surface area contributed by atoms with Gasteiger partial charge < -0.3 is 20.5 Å². The van der Waals surface area contributed by atoms with Crippen molar-refractivity contribution in [1.29, 1.82) is 0 Å². The molecule has 0 bridgehead atoms. The molecule has 33 heavy (non-hydrogen) atoms. The maximum Gasteiger partial charge on any atom is 0.162 e. The monoisotopic (exact) mass is 461 g/mol. The van der Waals surface area contributed by atoms with Gasteiger partial charge in [0.05, 0.1) is 6.20 Å². The third-order valence-electron chi connectivity index (χ3n) is 6.19. The van der Waals surface area contributed by atoms with Gasteiger partial charge in [-0.2, -0.15) is 5.10 Å². The standard InChI is InChI=1S/C24H26N6O2S/c1-15-10-26-11-16(2)30(15)20-6-3-17(4-7-20)19-12-27-24-21(13-28-29(24)14-19)18-5-8-22(25)23(9-18)33(31)32/h3-9,12-16,26H,10-11,25H2,1-2H3,(H,31,32)/p-1/t15-,16+. The largest absolute Gasteiger partial charge is 0.768 e. The Kier molecular flexibility index (Phi) is 5.61. The van der Waals surface area contributed by atoms with Crippen LogP contribution in [0.15, 0.2) is 66.0 Å². The Balaban J connectivity index is 1.45. The second kappa shape index (κ2) is 8.58. The van der Waals surface area contributed by atoms with Crippen LogP contribution in [0.4, 0.5) is 11.4 Å². The summed E-state index contributed by atoms with van der Waals surface area (Å²) in [6, 6.07) is 14.3. The number of aromatic nitrogens is 3. The van der Waals surface area contributed by atoms with E-state index >= 15 is 0 Å². The van der Waals surface area contributed by atoms with Crippen molar-refractivity contribution in [2.75, 3.05) is 23.7 Å². The second-order valence-corrected chi connectivity index (χ2v) is 9.38. The lowest BCUT2D eigenvalue weighted by molar-refractivity contribution is 0.432. The summed E-state index contributed by atoms with van der Waals surface area (Å²) in [5.41, 5.74) is 11.3. The van der Waals surface area contributed by atoms with Crippen molar-refractivity contribution in [1.82, 2.24) is 19.9 Å². The number of benzene rings is 2. The van der Waals surface area contributed by atoms with E-state index in [1.165, 1.54) is 5.69 Å². The van der Waals surface area contributed by atoms with Crippen molar-refractivity contribution < 1.29 is 8.76 Å². The second-order valence-electron chi connectivity index (χ2n) is 8.47. The van der Waals surface area contributed by atoms with Gasteiger partial charge in [0.25, 0.3) is 0 Å². The summed E-state index contributed by atoms with van der Waals surface area (Å²) in [6.45, 7) is 6.44. The Morgan fingerprint density at radius 3 is 2.42 bits per heavy atom.